The number of hydrogen-bond donors (Lipinski definition) is 1. The van der Waals surface area contributed by atoms with Gasteiger partial charge in [-0.25, -0.2) is 4.39 Å². The Hall–Kier alpha value is 0.0400. The van der Waals surface area contributed by atoms with Crippen molar-refractivity contribution in [1.82, 2.24) is 5.32 Å². The van der Waals surface area contributed by atoms with Gasteiger partial charge in [0.2, 0.25) is 0 Å². The summed E-state index contributed by atoms with van der Waals surface area (Å²) in [6, 6.07) is 3.30. The zero-order valence-corrected chi connectivity index (χ0v) is 12.5. The van der Waals surface area contributed by atoms with E-state index in [1.54, 1.807) is 6.07 Å². The van der Waals surface area contributed by atoms with Gasteiger partial charge in [-0.15, -0.1) is 0 Å². The van der Waals surface area contributed by atoms with Crippen molar-refractivity contribution in [3.63, 3.8) is 0 Å². The Labute approximate surface area is 121 Å². The normalized spacial score (nSPS) is 18.9. The van der Waals surface area contributed by atoms with Crippen LogP contribution in [0.15, 0.2) is 12.1 Å². The van der Waals surface area contributed by atoms with Crippen molar-refractivity contribution >= 4 is 35.0 Å². The van der Waals surface area contributed by atoms with Gasteiger partial charge < -0.3 is 5.32 Å². The van der Waals surface area contributed by atoms with Crippen molar-refractivity contribution in [3.05, 3.63) is 33.6 Å². The predicted octanol–water partition coefficient (Wildman–Crippen LogP) is 4.68. The summed E-state index contributed by atoms with van der Waals surface area (Å²) >= 11 is 14.1. The lowest BCUT2D eigenvalue weighted by Gasteiger charge is -2.27. The summed E-state index contributed by atoms with van der Waals surface area (Å²) in [7, 11) is 0. The number of thioether (sulfide) groups is 1. The third kappa shape index (κ3) is 3.32. The third-order valence-corrected chi connectivity index (χ3v) is 4.98. The lowest BCUT2D eigenvalue weighted by atomic mass is 10.0. The van der Waals surface area contributed by atoms with Crippen LogP contribution in [-0.2, 0) is 0 Å². The van der Waals surface area contributed by atoms with Crippen LogP contribution >= 0.6 is 35.0 Å². The minimum Gasteiger partial charge on any atom is -0.307 e. The number of rotatable bonds is 3. The van der Waals surface area contributed by atoms with Crippen LogP contribution in [0.2, 0.25) is 10.0 Å². The molecule has 5 heteroatoms. The van der Waals surface area contributed by atoms with Crippen LogP contribution in [0.5, 0.6) is 0 Å². The maximum atomic E-state index is 13.5. The largest absolute Gasteiger partial charge is 0.307 e. The predicted molar refractivity (Wildman–Crippen MR) is 78.3 cm³/mol. The molecule has 0 bridgehead atoms. The van der Waals surface area contributed by atoms with Gasteiger partial charge in [-0.05, 0) is 43.4 Å². The minimum atomic E-state index is -0.413. The summed E-state index contributed by atoms with van der Waals surface area (Å²) in [5.74, 6) is 1.94. The summed E-state index contributed by atoms with van der Waals surface area (Å²) in [6.45, 7) is 1.98. The lowest BCUT2D eigenvalue weighted by Crippen LogP contribution is -2.34. The standard InChI is InChI=1S/C13H16Cl2FNS/c1-8(17-9-4-6-18-7-5-9)12-10(14)2-3-11(16)13(12)15/h2-3,8-9,17H,4-7H2,1H3. The molecule has 100 valence electrons. The lowest BCUT2D eigenvalue weighted by molar-refractivity contribution is 0.430. The molecule has 0 saturated carbocycles. The highest BCUT2D eigenvalue weighted by Gasteiger charge is 2.21. The van der Waals surface area contributed by atoms with Crippen LogP contribution in [0.25, 0.3) is 0 Å². The Bertz CT molecular complexity index is 422. The summed E-state index contributed by atoms with van der Waals surface area (Å²) < 4.78 is 13.5. The highest BCUT2D eigenvalue weighted by atomic mass is 35.5. The van der Waals surface area contributed by atoms with Gasteiger partial charge in [0, 0.05) is 22.7 Å². The van der Waals surface area contributed by atoms with Crippen LogP contribution in [0.4, 0.5) is 4.39 Å². The molecule has 0 amide bonds. The first-order chi connectivity index (χ1) is 8.59. The van der Waals surface area contributed by atoms with E-state index >= 15 is 0 Å². The van der Waals surface area contributed by atoms with E-state index in [1.165, 1.54) is 17.6 Å². The SMILES string of the molecule is CC(NC1CCSCC1)c1c(Cl)ccc(F)c1Cl. The van der Waals surface area contributed by atoms with Crippen molar-refractivity contribution in [2.45, 2.75) is 31.8 Å². The number of halogens is 3. The van der Waals surface area contributed by atoms with Crippen molar-refractivity contribution in [3.8, 4) is 0 Å². The van der Waals surface area contributed by atoms with Gasteiger partial charge in [0.05, 0.1) is 5.02 Å². The number of benzene rings is 1. The van der Waals surface area contributed by atoms with Gasteiger partial charge >= 0.3 is 0 Å². The smallest absolute Gasteiger partial charge is 0.142 e. The summed E-state index contributed by atoms with van der Waals surface area (Å²) in [5, 5.41) is 4.15. The van der Waals surface area contributed by atoms with Crippen molar-refractivity contribution in [1.29, 1.82) is 0 Å². The first kappa shape index (κ1) is 14.4. The van der Waals surface area contributed by atoms with Crippen LogP contribution in [0.1, 0.15) is 31.4 Å². The molecule has 0 spiro atoms. The molecule has 1 fully saturated rings. The first-order valence-electron chi connectivity index (χ1n) is 6.06. The first-order valence-corrected chi connectivity index (χ1v) is 7.98. The second-order valence-electron chi connectivity index (χ2n) is 4.53. The molecule has 1 unspecified atom stereocenters. The monoisotopic (exact) mass is 307 g/mol. The molecule has 18 heavy (non-hydrogen) atoms. The van der Waals surface area contributed by atoms with Gasteiger partial charge in [-0.1, -0.05) is 23.2 Å². The summed E-state index contributed by atoms with van der Waals surface area (Å²) in [4.78, 5) is 0. The Kier molecular flexibility index (Phi) is 5.19. The van der Waals surface area contributed by atoms with Gasteiger partial charge in [0.1, 0.15) is 5.82 Å². The molecule has 1 saturated heterocycles. The molecular weight excluding hydrogens is 292 g/mol. The number of nitrogens with one attached hydrogen (secondary N) is 1. The molecule has 1 aliphatic heterocycles. The van der Waals surface area contributed by atoms with E-state index < -0.39 is 5.82 Å². The average molecular weight is 308 g/mol. The van der Waals surface area contributed by atoms with Gasteiger partial charge in [-0.2, -0.15) is 11.8 Å². The van der Waals surface area contributed by atoms with Gasteiger partial charge in [0.25, 0.3) is 0 Å². The molecule has 2 rings (SSSR count). The molecule has 1 nitrogen and oxygen atoms in total. The highest BCUT2D eigenvalue weighted by Crippen LogP contribution is 2.33. The molecule has 1 aliphatic rings. The molecular formula is C13H16Cl2FNS. The molecule has 0 radical (unpaired) electrons. The maximum Gasteiger partial charge on any atom is 0.142 e. The zero-order valence-electron chi connectivity index (χ0n) is 10.2. The van der Waals surface area contributed by atoms with E-state index in [2.05, 4.69) is 5.32 Å². The van der Waals surface area contributed by atoms with E-state index in [9.17, 15) is 4.39 Å². The van der Waals surface area contributed by atoms with Crippen molar-refractivity contribution in [2.24, 2.45) is 0 Å². The molecule has 1 N–H and O–H groups in total. The Balaban J connectivity index is 2.12. The average Bonchev–Trinajstić information content (AvgIpc) is 2.36. The fourth-order valence-corrected chi connectivity index (χ4v) is 4.05. The Morgan fingerprint density at radius 1 is 1.33 bits per heavy atom. The van der Waals surface area contributed by atoms with Crippen molar-refractivity contribution in [2.75, 3.05) is 11.5 Å². The maximum absolute atomic E-state index is 13.5. The fraction of sp³-hybridized carbons (Fsp3) is 0.538. The topological polar surface area (TPSA) is 12.0 Å². The quantitative estimate of drug-likeness (QED) is 0.814. The van der Waals surface area contributed by atoms with Crippen LogP contribution in [0, 0.1) is 5.82 Å². The molecule has 0 aromatic heterocycles. The molecule has 1 atom stereocenters. The van der Waals surface area contributed by atoms with Crippen LogP contribution in [-0.4, -0.2) is 17.5 Å². The Morgan fingerprint density at radius 2 is 2.00 bits per heavy atom. The minimum absolute atomic E-state index is 0.0335. The third-order valence-electron chi connectivity index (χ3n) is 3.22. The van der Waals surface area contributed by atoms with E-state index in [0.717, 1.165) is 12.8 Å². The molecule has 1 aromatic carbocycles. The van der Waals surface area contributed by atoms with Gasteiger partial charge in [0.15, 0.2) is 0 Å². The van der Waals surface area contributed by atoms with Crippen LogP contribution < -0.4 is 5.32 Å². The molecule has 0 aliphatic carbocycles. The second-order valence-corrected chi connectivity index (χ2v) is 6.54. The van der Waals surface area contributed by atoms with E-state index in [0.29, 0.717) is 16.6 Å². The zero-order chi connectivity index (χ0) is 13.1. The van der Waals surface area contributed by atoms with Crippen LogP contribution in [0.3, 0.4) is 0 Å². The fourth-order valence-electron chi connectivity index (χ4n) is 2.24. The Morgan fingerprint density at radius 3 is 2.67 bits per heavy atom. The van der Waals surface area contributed by atoms with E-state index in [-0.39, 0.29) is 11.1 Å². The van der Waals surface area contributed by atoms with Crippen molar-refractivity contribution < 1.29 is 4.39 Å². The van der Waals surface area contributed by atoms with E-state index in [4.69, 9.17) is 23.2 Å². The molecule has 1 aromatic rings. The second kappa shape index (κ2) is 6.47. The highest BCUT2D eigenvalue weighted by molar-refractivity contribution is 7.99. The summed E-state index contributed by atoms with van der Waals surface area (Å²) in [6.07, 6.45) is 2.28. The van der Waals surface area contributed by atoms with Gasteiger partial charge in [-0.3, -0.25) is 0 Å². The summed E-state index contributed by atoms with van der Waals surface area (Å²) in [5.41, 5.74) is 0.663. The molecule has 1 heterocycles. The van der Waals surface area contributed by atoms with E-state index in [1.807, 2.05) is 18.7 Å². The number of hydrogen-bond acceptors (Lipinski definition) is 2.